The van der Waals surface area contributed by atoms with Gasteiger partial charge in [-0.1, -0.05) is 30.3 Å². The number of piperazine rings is 1. The Morgan fingerprint density at radius 1 is 1.08 bits per heavy atom. The molecule has 5 nitrogen and oxygen atoms in total. The number of nitrogens with one attached hydrogen (secondary N) is 2. The molecule has 2 rings (SSSR count). The van der Waals surface area contributed by atoms with Crippen molar-refractivity contribution in [3.63, 3.8) is 0 Å². The van der Waals surface area contributed by atoms with Gasteiger partial charge in [-0.15, -0.1) is 24.0 Å². The van der Waals surface area contributed by atoms with Gasteiger partial charge in [0.15, 0.2) is 5.96 Å². The molecule has 0 spiro atoms. The zero-order valence-electron chi connectivity index (χ0n) is 15.9. The predicted octanol–water partition coefficient (Wildman–Crippen LogP) is 2.39. The van der Waals surface area contributed by atoms with Crippen LogP contribution in [-0.2, 0) is 6.54 Å². The second kappa shape index (κ2) is 12.5. The maximum Gasteiger partial charge on any atom is 0.191 e. The van der Waals surface area contributed by atoms with Crippen molar-refractivity contribution >= 4 is 29.9 Å². The first kappa shape index (κ1) is 22.2. The Balaban J connectivity index is 0.00000312. The molecule has 6 heteroatoms. The number of rotatable bonds is 7. The molecular weight excluding hydrogens is 425 g/mol. The van der Waals surface area contributed by atoms with Crippen molar-refractivity contribution in [2.45, 2.75) is 33.4 Å². The van der Waals surface area contributed by atoms with Gasteiger partial charge in [-0.2, -0.15) is 0 Å². The highest BCUT2D eigenvalue weighted by atomic mass is 127. The predicted molar refractivity (Wildman–Crippen MR) is 118 cm³/mol. The first-order valence-electron chi connectivity index (χ1n) is 9.21. The van der Waals surface area contributed by atoms with E-state index < -0.39 is 0 Å². The van der Waals surface area contributed by atoms with Gasteiger partial charge in [0.1, 0.15) is 0 Å². The molecule has 1 aromatic rings. The van der Waals surface area contributed by atoms with E-state index in [9.17, 15) is 0 Å². The number of hydrogen-bond acceptors (Lipinski definition) is 3. The van der Waals surface area contributed by atoms with Crippen molar-refractivity contribution in [2.75, 3.05) is 45.8 Å². The molecule has 142 valence electrons. The van der Waals surface area contributed by atoms with Crippen LogP contribution in [-0.4, -0.2) is 67.6 Å². The molecular formula is C19H34IN5. The van der Waals surface area contributed by atoms with Gasteiger partial charge in [0, 0.05) is 51.9 Å². The van der Waals surface area contributed by atoms with Crippen molar-refractivity contribution in [3.05, 3.63) is 35.9 Å². The molecule has 25 heavy (non-hydrogen) atoms. The summed E-state index contributed by atoms with van der Waals surface area (Å²) in [4.78, 5) is 9.73. The average molecular weight is 459 g/mol. The molecule has 1 saturated heterocycles. The standard InChI is InChI=1S/C19H33N5.HI/c1-4-20-19(22-17(2)3)21-10-11-23-12-14-24(15-13-23)16-18-8-6-5-7-9-18;/h5-9,17H,4,10-16H2,1-3H3,(H2,20,21,22);1H. The van der Waals surface area contributed by atoms with Gasteiger partial charge in [-0.25, -0.2) is 0 Å². The lowest BCUT2D eigenvalue weighted by atomic mass is 10.2. The quantitative estimate of drug-likeness (QED) is 0.374. The van der Waals surface area contributed by atoms with Crippen molar-refractivity contribution < 1.29 is 0 Å². The molecule has 0 unspecified atom stereocenters. The largest absolute Gasteiger partial charge is 0.357 e. The van der Waals surface area contributed by atoms with Crippen LogP contribution < -0.4 is 10.6 Å². The van der Waals surface area contributed by atoms with Gasteiger partial charge in [-0.3, -0.25) is 14.8 Å². The highest BCUT2D eigenvalue weighted by Gasteiger charge is 2.16. The van der Waals surface area contributed by atoms with E-state index in [0.717, 1.165) is 58.3 Å². The molecule has 1 aliphatic rings. The second-order valence-electron chi connectivity index (χ2n) is 6.66. The number of benzene rings is 1. The summed E-state index contributed by atoms with van der Waals surface area (Å²) in [7, 11) is 0. The fraction of sp³-hybridized carbons (Fsp3) is 0.632. The fourth-order valence-electron chi connectivity index (χ4n) is 2.91. The van der Waals surface area contributed by atoms with Gasteiger partial charge in [-0.05, 0) is 26.3 Å². The fourth-order valence-corrected chi connectivity index (χ4v) is 2.91. The summed E-state index contributed by atoms with van der Waals surface area (Å²) in [6.45, 7) is 14.8. The number of nitrogens with zero attached hydrogens (tertiary/aromatic N) is 3. The summed E-state index contributed by atoms with van der Waals surface area (Å²) in [5.74, 6) is 0.926. The van der Waals surface area contributed by atoms with Crippen LogP contribution in [0.25, 0.3) is 0 Å². The van der Waals surface area contributed by atoms with E-state index in [1.165, 1.54) is 5.56 Å². The molecule has 0 atom stereocenters. The number of halogens is 1. The zero-order valence-corrected chi connectivity index (χ0v) is 18.2. The highest BCUT2D eigenvalue weighted by molar-refractivity contribution is 14.0. The van der Waals surface area contributed by atoms with Gasteiger partial charge >= 0.3 is 0 Å². The minimum absolute atomic E-state index is 0. The second-order valence-corrected chi connectivity index (χ2v) is 6.66. The van der Waals surface area contributed by atoms with Crippen LogP contribution in [0.5, 0.6) is 0 Å². The van der Waals surface area contributed by atoms with E-state index in [0.29, 0.717) is 6.04 Å². The molecule has 0 radical (unpaired) electrons. The number of guanidine groups is 1. The van der Waals surface area contributed by atoms with Gasteiger partial charge in [0.05, 0.1) is 6.54 Å². The summed E-state index contributed by atoms with van der Waals surface area (Å²) >= 11 is 0. The Bertz CT molecular complexity index is 484. The van der Waals surface area contributed by atoms with Crippen molar-refractivity contribution in [2.24, 2.45) is 4.99 Å². The maximum absolute atomic E-state index is 4.67. The third-order valence-electron chi connectivity index (χ3n) is 4.17. The van der Waals surface area contributed by atoms with Crippen LogP contribution in [0, 0.1) is 0 Å². The van der Waals surface area contributed by atoms with E-state index in [2.05, 4.69) is 76.5 Å². The van der Waals surface area contributed by atoms with Crippen LogP contribution in [0.4, 0.5) is 0 Å². The smallest absolute Gasteiger partial charge is 0.191 e. The van der Waals surface area contributed by atoms with Crippen molar-refractivity contribution in [1.29, 1.82) is 0 Å². The van der Waals surface area contributed by atoms with Crippen molar-refractivity contribution in [1.82, 2.24) is 20.4 Å². The van der Waals surface area contributed by atoms with Crippen LogP contribution in [0.15, 0.2) is 35.3 Å². The average Bonchev–Trinajstić information content (AvgIpc) is 2.57. The third kappa shape index (κ3) is 8.87. The summed E-state index contributed by atoms with van der Waals surface area (Å²) in [6, 6.07) is 11.2. The Hall–Kier alpha value is -0.860. The topological polar surface area (TPSA) is 42.9 Å². The summed E-state index contributed by atoms with van der Waals surface area (Å²) in [5, 5.41) is 6.66. The van der Waals surface area contributed by atoms with Gasteiger partial charge in [0.2, 0.25) is 0 Å². The number of aliphatic imine (C=N–C) groups is 1. The first-order chi connectivity index (χ1) is 11.7. The lowest BCUT2D eigenvalue weighted by Crippen LogP contribution is -2.47. The molecule has 1 aromatic carbocycles. The Labute approximate surface area is 170 Å². The van der Waals surface area contributed by atoms with Gasteiger partial charge < -0.3 is 10.6 Å². The Morgan fingerprint density at radius 3 is 2.32 bits per heavy atom. The zero-order chi connectivity index (χ0) is 17.2. The number of hydrogen-bond donors (Lipinski definition) is 2. The summed E-state index contributed by atoms with van der Waals surface area (Å²) in [6.07, 6.45) is 0. The lowest BCUT2D eigenvalue weighted by molar-refractivity contribution is 0.130. The first-order valence-corrected chi connectivity index (χ1v) is 9.21. The van der Waals surface area contributed by atoms with E-state index in [4.69, 9.17) is 0 Å². The van der Waals surface area contributed by atoms with Crippen molar-refractivity contribution in [3.8, 4) is 0 Å². The van der Waals surface area contributed by atoms with E-state index in [1.807, 2.05) is 0 Å². The molecule has 1 heterocycles. The lowest BCUT2D eigenvalue weighted by Gasteiger charge is -2.34. The molecule has 1 aliphatic heterocycles. The van der Waals surface area contributed by atoms with E-state index in [-0.39, 0.29) is 24.0 Å². The molecule has 0 bridgehead atoms. The summed E-state index contributed by atoms with van der Waals surface area (Å²) in [5.41, 5.74) is 1.41. The monoisotopic (exact) mass is 459 g/mol. The third-order valence-corrected chi connectivity index (χ3v) is 4.17. The van der Waals surface area contributed by atoms with E-state index in [1.54, 1.807) is 0 Å². The van der Waals surface area contributed by atoms with Crippen LogP contribution in [0.1, 0.15) is 26.3 Å². The molecule has 0 aliphatic carbocycles. The van der Waals surface area contributed by atoms with Crippen LogP contribution in [0.2, 0.25) is 0 Å². The van der Waals surface area contributed by atoms with Crippen LogP contribution in [0.3, 0.4) is 0 Å². The Morgan fingerprint density at radius 2 is 1.72 bits per heavy atom. The minimum atomic E-state index is 0. The Kier molecular flexibility index (Phi) is 11.1. The normalized spacial score (nSPS) is 16.6. The van der Waals surface area contributed by atoms with Gasteiger partial charge in [0.25, 0.3) is 0 Å². The molecule has 0 aromatic heterocycles. The molecule has 2 N–H and O–H groups in total. The highest BCUT2D eigenvalue weighted by Crippen LogP contribution is 2.08. The minimum Gasteiger partial charge on any atom is -0.357 e. The maximum atomic E-state index is 4.67. The summed E-state index contributed by atoms with van der Waals surface area (Å²) < 4.78 is 0. The molecule has 0 amide bonds. The van der Waals surface area contributed by atoms with Crippen LogP contribution >= 0.6 is 24.0 Å². The molecule has 0 saturated carbocycles. The van der Waals surface area contributed by atoms with E-state index >= 15 is 0 Å². The SMILES string of the molecule is CCNC(=NCCN1CCN(Cc2ccccc2)CC1)NC(C)C.I. The molecule has 1 fully saturated rings.